The van der Waals surface area contributed by atoms with Crippen molar-refractivity contribution in [2.45, 2.75) is 26.2 Å². The normalized spacial score (nSPS) is 18.6. The van der Waals surface area contributed by atoms with Crippen LogP contribution in [0.3, 0.4) is 0 Å². The van der Waals surface area contributed by atoms with Gasteiger partial charge in [0, 0.05) is 19.2 Å². The molecule has 0 spiro atoms. The van der Waals surface area contributed by atoms with Crippen LogP contribution in [0, 0.1) is 5.92 Å². The van der Waals surface area contributed by atoms with Gasteiger partial charge in [0.25, 0.3) is 5.91 Å². The summed E-state index contributed by atoms with van der Waals surface area (Å²) in [6, 6.07) is 3.21. The Balaban J connectivity index is 0.00000220. The van der Waals surface area contributed by atoms with Crippen LogP contribution < -0.4 is 10.5 Å². The zero-order valence-electron chi connectivity index (χ0n) is 12.4. The third-order valence-electron chi connectivity index (χ3n) is 3.85. The molecule has 1 aliphatic heterocycles. The van der Waals surface area contributed by atoms with E-state index in [9.17, 15) is 4.79 Å². The highest BCUT2D eigenvalue weighted by atomic mass is 35.5. The van der Waals surface area contributed by atoms with Gasteiger partial charge in [0.1, 0.15) is 5.75 Å². The number of anilines is 1. The van der Waals surface area contributed by atoms with Crippen molar-refractivity contribution >= 4 is 35.6 Å². The molecule has 2 N–H and O–H groups in total. The minimum Gasteiger partial charge on any atom is -0.496 e. The van der Waals surface area contributed by atoms with Crippen molar-refractivity contribution in [3.63, 3.8) is 0 Å². The number of nitrogen functional groups attached to an aromatic ring is 1. The summed E-state index contributed by atoms with van der Waals surface area (Å²) in [6.45, 7) is 3.80. The number of benzene rings is 1. The molecule has 0 saturated carbocycles. The highest BCUT2D eigenvalue weighted by Gasteiger charge is 2.23. The zero-order valence-corrected chi connectivity index (χ0v) is 14.0. The Morgan fingerprint density at radius 1 is 1.38 bits per heavy atom. The monoisotopic (exact) mass is 332 g/mol. The molecule has 0 bridgehead atoms. The van der Waals surface area contributed by atoms with E-state index < -0.39 is 0 Å². The number of likely N-dealkylation sites (tertiary alicyclic amines) is 1. The summed E-state index contributed by atoms with van der Waals surface area (Å²) in [5.74, 6) is 1.12. The first-order chi connectivity index (χ1) is 9.52. The second-order valence-corrected chi connectivity index (χ2v) is 5.81. The molecule has 1 aromatic rings. The molecule has 0 radical (unpaired) electrons. The van der Waals surface area contributed by atoms with E-state index >= 15 is 0 Å². The number of carbonyl (C=O) groups excluding carboxylic acids is 1. The smallest absolute Gasteiger partial charge is 0.257 e. The van der Waals surface area contributed by atoms with Crippen LogP contribution in [0.15, 0.2) is 12.1 Å². The van der Waals surface area contributed by atoms with Crippen LogP contribution in [0.4, 0.5) is 5.69 Å². The van der Waals surface area contributed by atoms with Gasteiger partial charge in [-0.1, -0.05) is 18.5 Å². The number of hydrogen-bond acceptors (Lipinski definition) is 3. The number of nitrogens with zero attached hydrogens (tertiary/aromatic N) is 1. The number of carbonyl (C=O) groups is 1. The Morgan fingerprint density at radius 3 is 2.76 bits per heavy atom. The number of nitrogens with two attached hydrogens (primary N) is 1. The van der Waals surface area contributed by atoms with Gasteiger partial charge in [-0.25, -0.2) is 0 Å². The highest BCUT2D eigenvalue weighted by Crippen LogP contribution is 2.30. The zero-order chi connectivity index (χ0) is 14.7. The summed E-state index contributed by atoms with van der Waals surface area (Å²) in [5, 5.41) is 0.386. The van der Waals surface area contributed by atoms with Crippen LogP contribution in [0.1, 0.15) is 36.5 Å². The number of halogens is 2. The third-order valence-corrected chi connectivity index (χ3v) is 4.18. The molecule has 1 fully saturated rings. The van der Waals surface area contributed by atoms with Crippen molar-refractivity contribution in [2.24, 2.45) is 5.92 Å². The first-order valence-electron chi connectivity index (χ1n) is 6.95. The average Bonchev–Trinajstić information content (AvgIpc) is 2.65. The molecule has 4 nitrogen and oxygen atoms in total. The molecule has 118 valence electrons. The lowest BCUT2D eigenvalue weighted by atomic mass is 10.0. The molecule has 6 heteroatoms. The number of amides is 1. The van der Waals surface area contributed by atoms with Crippen LogP contribution in [0.25, 0.3) is 0 Å². The maximum atomic E-state index is 12.6. The summed E-state index contributed by atoms with van der Waals surface area (Å²) < 4.78 is 5.26. The van der Waals surface area contributed by atoms with Gasteiger partial charge < -0.3 is 15.4 Å². The summed E-state index contributed by atoms with van der Waals surface area (Å²) in [5.41, 5.74) is 6.66. The van der Waals surface area contributed by atoms with Crippen molar-refractivity contribution in [3.05, 3.63) is 22.7 Å². The number of methoxy groups -OCH3 is 1. The van der Waals surface area contributed by atoms with Crippen molar-refractivity contribution in [3.8, 4) is 5.75 Å². The molecule has 1 aromatic carbocycles. The van der Waals surface area contributed by atoms with E-state index in [4.69, 9.17) is 22.1 Å². The summed E-state index contributed by atoms with van der Waals surface area (Å²) >= 11 is 6.03. The van der Waals surface area contributed by atoms with E-state index in [0.717, 1.165) is 25.9 Å². The number of ether oxygens (including phenoxy) is 1. The van der Waals surface area contributed by atoms with Gasteiger partial charge in [0.05, 0.1) is 23.4 Å². The second-order valence-electron chi connectivity index (χ2n) is 5.40. The predicted octanol–water partition coefficient (Wildman–Crippen LogP) is 3.61. The van der Waals surface area contributed by atoms with Gasteiger partial charge in [-0.2, -0.15) is 0 Å². The SMILES string of the molecule is COc1cc(N)c(Cl)cc1C(=O)N1CCCC(C)CC1.Cl. The molecule has 1 atom stereocenters. The lowest BCUT2D eigenvalue weighted by Gasteiger charge is -2.22. The predicted molar refractivity (Wildman–Crippen MR) is 88.6 cm³/mol. The van der Waals surface area contributed by atoms with E-state index in [1.165, 1.54) is 13.5 Å². The fourth-order valence-electron chi connectivity index (χ4n) is 2.54. The van der Waals surface area contributed by atoms with Gasteiger partial charge in [-0.05, 0) is 31.2 Å². The van der Waals surface area contributed by atoms with Crippen LogP contribution in [0.5, 0.6) is 5.75 Å². The van der Waals surface area contributed by atoms with Crippen LogP contribution in [-0.2, 0) is 0 Å². The third kappa shape index (κ3) is 4.17. The average molecular weight is 333 g/mol. The van der Waals surface area contributed by atoms with E-state index in [0.29, 0.717) is 27.9 Å². The molecule has 1 saturated heterocycles. The standard InChI is InChI=1S/C15H21ClN2O2.ClH/c1-10-4-3-6-18(7-5-10)15(19)11-8-12(16)13(17)9-14(11)20-2;/h8-10H,3-7,17H2,1-2H3;1H. The van der Waals surface area contributed by atoms with Gasteiger partial charge in [0.2, 0.25) is 0 Å². The largest absolute Gasteiger partial charge is 0.496 e. The van der Waals surface area contributed by atoms with E-state index in [-0.39, 0.29) is 18.3 Å². The fourth-order valence-corrected chi connectivity index (χ4v) is 2.71. The highest BCUT2D eigenvalue weighted by molar-refractivity contribution is 6.33. The Kier molecular flexibility index (Phi) is 6.62. The van der Waals surface area contributed by atoms with Gasteiger partial charge >= 0.3 is 0 Å². The Hall–Kier alpha value is -1.13. The molecular formula is C15H22Cl2N2O2. The van der Waals surface area contributed by atoms with Crippen LogP contribution in [-0.4, -0.2) is 31.0 Å². The van der Waals surface area contributed by atoms with Gasteiger partial charge in [0.15, 0.2) is 0 Å². The van der Waals surface area contributed by atoms with Crippen molar-refractivity contribution in [1.29, 1.82) is 0 Å². The maximum Gasteiger partial charge on any atom is 0.257 e. The molecule has 0 aromatic heterocycles. The number of rotatable bonds is 2. The van der Waals surface area contributed by atoms with Gasteiger partial charge in [-0.15, -0.1) is 12.4 Å². The van der Waals surface area contributed by atoms with Crippen LogP contribution in [0.2, 0.25) is 5.02 Å². The van der Waals surface area contributed by atoms with Crippen molar-refractivity contribution in [2.75, 3.05) is 25.9 Å². The van der Waals surface area contributed by atoms with Crippen LogP contribution >= 0.6 is 24.0 Å². The summed E-state index contributed by atoms with van der Waals surface area (Å²) in [4.78, 5) is 14.5. The second kappa shape index (κ2) is 7.76. The molecule has 2 rings (SSSR count). The molecule has 1 heterocycles. The first-order valence-corrected chi connectivity index (χ1v) is 7.33. The lowest BCUT2D eigenvalue weighted by Crippen LogP contribution is -2.32. The maximum absolute atomic E-state index is 12.6. The Labute approximate surface area is 137 Å². The molecule has 21 heavy (non-hydrogen) atoms. The summed E-state index contributed by atoms with van der Waals surface area (Å²) in [6.07, 6.45) is 3.25. The molecule has 1 aliphatic rings. The first kappa shape index (κ1) is 17.9. The lowest BCUT2D eigenvalue weighted by molar-refractivity contribution is 0.0757. The number of hydrogen-bond donors (Lipinski definition) is 1. The van der Waals surface area contributed by atoms with Crippen molar-refractivity contribution < 1.29 is 9.53 Å². The minimum absolute atomic E-state index is 0. The van der Waals surface area contributed by atoms with E-state index in [2.05, 4.69) is 6.92 Å². The molecular weight excluding hydrogens is 311 g/mol. The molecule has 0 aliphatic carbocycles. The quantitative estimate of drug-likeness (QED) is 0.841. The Morgan fingerprint density at radius 2 is 2.10 bits per heavy atom. The summed E-state index contributed by atoms with van der Waals surface area (Å²) in [7, 11) is 1.53. The molecule has 1 unspecified atom stereocenters. The minimum atomic E-state index is -0.0298. The Bertz CT molecular complexity index is 509. The molecule has 1 amide bonds. The fraction of sp³-hybridized carbons (Fsp3) is 0.533. The van der Waals surface area contributed by atoms with Gasteiger partial charge in [-0.3, -0.25) is 4.79 Å². The van der Waals surface area contributed by atoms with E-state index in [1.54, 1.807) is 12.1 Å². The van der Waals surface area contributed by atoms with E-state index in [1.807, 2.05) is 4.90 Å². The van der Waals surface area contributed by atoms with Crippen molar-refractivity contribution in [1.82, 2.24) is 4.90 Å². The topological polar surface area (TPSA) is 55.6 Å².